The lowest BCUT2D eigenvalue weighted by molar-refractivity contribution is 0.167. The van der Waals surface area contributed by atoms with Gasteiger partial charge in [0, 0.05) is 55.3 Å². The lowest BCUT2D eigenvalue weighted by Crippen LogP contribution is -2.46. The van der Waals surface area contributed by atoms with Gasteiger partial charge in [-0.1, -0.05) is 103 Å². The van der Waals surface area contributed by atoms with E-state index < -0.39 is 0 Å². The highest BCUT2D eigenvalue weighted by Gasteiger charge is 2.37. The van der Waals surface area contributed by atoms with Crippen LogP contribution in [-0.4, -0.2) is 42.8 Å². The fourth-order valence-electron chi connectivity index (χ4n) is 10.1. The third-order valence-electron chi connectivity index (χ3n) is 13.4. The number of fused-ring (bicyclic) bond motifs is 2. The summed E-state index contributed by atoms with van der Waals surface area (Å²) < 4.78 is 0. The zero-order chi connectivity index (χ0) is 33.2. The Morgan fingerprint density at radius 3 is 2.61 bits per heavy atom. The van der Waals surface area contributed by atoms with Gasteiger partial charge in [-0.25, -0.2) is 0 Å². The van der Waals surface area contributed by atoms with Crippen LogP contribution in [0.3, 0.4) is 0 Å². The first kappa shape index (κ1) is 33.2. The minimum atomic E-state index is 0.382. The van der Waals surface area contributed by atoms with Gasteiger partial charge in [-0.15, -0.1) is 0 Å². The summed E-state index contributed by atoms with van der Waals surface area (Å²) in [5.41, 5.74) is 9.70. The fourth-order valence-corrected chi connectivity index (χ4v) is 10.1. The van der Waals surface area contributed by atoms with Gasteiger partial charge in [0.25, 0.3) is 0 Å². The van der Waals surface area contributed by atoms with E-state index in [0.717, 1.165) is 32.5 Å². The van der Waals surface area contributed by atoms with E-state index in [4.69, 9.17) is 4.99 Å². The van der Waals surface area contributed by atoms with Gasteiger partial charge in [-0.05, 0) is 124 Å². The largest absolute Gasteiger partial charge is 0.310 e. The molecule has 3 heterocycles. The van der Waals surface area contributed by atoms with Crippen LogP contribution in [0.2, 0.25) is 0 Å². The van der Waals surface area contributed by atoms with Crippen LogP contribution in [0.15, 0.2) is 124 Å². The van der Waals surface area contributed by atoms with Crippen LogP contribution < -0.4 is 5.32 Å². The van der Waals surface area contributed by atoms with Crippen molar-refractivity contribution in [1.29, 1.82) is 0 Å². The van der Waals surface area contributed by atoms with Crippen LogP contribution in [0.4, 0.5) is 0 Å². The maximum atomic E-state index is 4.90. The molecule has 258 valence electrons. The molecule has 1 N–H and O–H groups in total. The lowest BCUT2D eigenvalue weighted by Gasteiger charge is -2.43. The van der Waals surface area contributed by atoms with Crippen molar-refractivity contribution in [3.8, 4) is 0 Å². The van der Waals surface area contributed by atoms with E-state index in [1.54, 1.807) is 27.9 Å². The van der Waals surface area contributed by atoms with Crippen LogP contribution >= 0.6 is 0 Å². The molecule has 0 aromatic carbocycles. The lowest BCUT2D eigenvalue weighted by atomic mass is 9.69. The maximum Gasteiger partial charge on any atom is 0.0309 e. The molecule has 0 saturated carbocycles. The average Bonchev–Trinajstić information content (AvgIpc) is 3.15. The number of rotatable bonds is 5. The summed E-state index contributed by atoms with van der Waals surface area (Å²) in [5.74, 6) is 3.76. The van der Waals surface area contributed by atoms with Gasteiger partial charge in [-0.3, -0.25) is 9.89 Å². The van der Waals surface area contributed by atoms with E-state index in [1.807, 2.05) is 0 Å². The Hall–Kier alpha value is -3.01. The SMILES string of the molecule is C/C1=C2/C=CCCC2C(C2=CC(C3=CCCC=C3)CCC2)CN(C2C=CC3C=CC=CC3C2)C/C(C2C=NC=C(C3CCN3)C2)=C\CC1C. The van der Waals surface area contributed by atoms with Crippen molar-refractivity contribution in [2.24, 2.45) is 46.4 Å². The summed E-state index contributed by atoms with van der Waals surface area (Å²) >= 11 is 0. The third-order valence-corrected chi connectivity index (χ3v) is 13.4. The quantitative estimate of drug-likeness (QED) is 0.299. The van der Waals surface area contributed by atoms with Crippen molar-refractivity contribution in [3.05, 3.63) is 119 Å². The summed E-state index contributed by atoms with van der Waals surface area (Å²) in [4.78, 5) is 7.86. The molecule has 0 bridgehead atoms. The van der Waals surface area contributed by atoms with Crippen molar-refractivity contribution in [2.75, 3.05) is 19.6 Å². The molecule has 0 aromatic heterocycles. The van der Waals surface area contributed by atoms with Crippen molar-refractivity contribution in [1.82, 2.24) is 10.2 Å². The molecule has 0 amide bonds. The van der Waals surface area contributed by atoms with Crippen LogP contribution in [-0.2, 0) is 0 Å². The van der Waals surface area contributed by atoms with Crippen molar-refractivity contribution in [3.63, 3.8) is 0 Å². The predicted molar refractivity (Wildman–Crippen MR) is 207 cm³/mol. The van der Waals surface area contributed by atoms with E-state index in [9.17, 15) is 0 Å². The van der Waals surface area contributed by atoms with Crippen molar-refractivity contribution < 1.29 is 0 Å². The van der Waals surface area contributed by atoms with Crippen molar-refractivity contribution >= 4 is 6.21 Å². The summed E-state index contributed by atoms with van der Waals surface area (Å²) in [7, 11) is 0. The van der Waals surface area contributed by atoms with Gasteiger partial charge < -0.3 is 5.32 Å². The maximum absolute atomic E-state index is 4.90. The van der Waals surface area contributed by atoms with E-state index >= 15 is 0 Å². The molecular weight excluding hydrogens is 595 g/mol. The summed E-state index contributed by atoms with van der Waals surface area (Å²) in [6.45, 7) is 8.27. The standard InChI is InChI=1S/C46H59N3/c1-32-19-20-39(40-26-41(29-47-28-40)46-23-24-48-46)30-49(42-22-21-35-13-6-7-14-37(35)27-42)31-45(44-18-9-8-17-43(44)33(32)2)38-16-10-15-36(25-38)34-11-4-3-5-12-34/h4,6-8,11-14,17,20-22,25,28-29,32,35-37,40,42,44-46,48H,3,5,9-10,15-16,18-19,23-24,26-27,30-31H2,1-2H3/b39-20+,43-33+. The minimum absolute atomic E-state index is 0.382. The second-order valence-corrected chi connectivity index (χ2v) is 16.4. The molecule has 0 aromatic rings. The van der Waals surface area contributed by atoms with Gasteiger partial charge in [-0.2, -0.15) is 0 Å². The normalized spacial score (nSPS) is 40.6. The molecule has 8 aliphatic rings. The predicted octanol–water partition coefficient (Wildman–Crippen LogP) is 10.2. The number of aliphatic imine (C=N–C) groups is 1. The van der Waals surface area contributed by atoms with Crippen LogP contribution in [0.5, 0.6) is 0 Å². The zero-order valence-corrected chi connectivity index (χ0v) is 30.2. The number of hydrogen-bond acceptors (Lipinski definition) is 3. The topological polar surface area (TPSA) is 27.6 Å². The Labute approximate surface area is 296 Å². The summed E-state index contributed by atoms with van der Waals surface area (Å²) in [6.07, 6.45) is 50.3. The molecule has 3 nitrogen and oxygen atoms in total. The molecule has 49 heavy (non-hydrogen) atoms. The Morgan fingerprint density at radius 1 is 0.857 bits per heavy atom. The van der Waals surface area contributed by atoms with Gasteiger partial charge >= 0.3 is 0 Å². The molecule has 3 aliphatic heterocycles. The molecule has 8 rings (SSSR count). The van der Waals surface area contributed by atoms with E-state index in [-0.39, 0.29) is 0 Å². The second-order valence-electron chi connectivity index (χ2n) is 16.4. The molecule has 9 atom stereocenters. The van der Waals surface area contributed by atoms with E-state index in [1.165, 1.54) is 63.4 Å². The molecule has 0 spiro atoms. The Morgan fingerprint density at radius 2 is 1.76 bits per heavy atom. The van der Waals surface area contributed by atoms with Gasteiger partial charge in [0.1, 0.15) is 0 Å². The number of nitrogens with one attached hydrogen (secondary N) is 1. The Bertz CT molecular complexity index is 1580. The van der Waals surface area contributed by atoms with E-state index in [0.29, 0.717) is 53.5 Å². The van der Waals surface area contributed by atoms with Crippen LogP contribution in [0.1, 0.15) is 84.5 Å². The minimum Gasteiger partial charge on any atom is -0.310 e. The highest BCUT2D eigenvalue weighted by atomic mass is 15.2. The number of hydrogen-bond donors (Lipinski definition) is 1. The monoisotopic (exact) mass is 653 g/mol. The summed E-state index contributed by atoms with van der Waals surface area (Å²) in [5, 5.41) is 3.67. The fraction of sp³-hybridized carbons (Fsp3) is 0.543. The number of allylic oxidation sites excluding steroid dienone is 15. The van der Waals surface area contributed by atoms with Gasteiger partial charge in [0.15, 0.2) is 0 Å². The van der Waals surface area contributed by atoms with Gasteiger partial charge in [0.2, 0.25) is 0 Å². The Balaban J connectivity index is 1.19. The molecule has 3 heteroatoms. The average molecular weight is 654 g/mol. The third kappa shape index (κ3) is 7.26. The van der Waals surface area contributed by atoms with Crippen molar-refractivity contribution in [2.45, 2.75) is 96.6 Å². The molecule has 9 unspecified atom stereocenters. The molecule has 0 radical (unpaired) electrons. The van der Waals surface area contributed by atoms with Crippen LogP contribution in [0.25, 0.3) is 0 Å². The molecule has 5 aliphatic carbocycles. The zero-order valence-electron chi connectivity index (χ0n) is 30.2. The van der Waals surface area contributed by atoms with E-state index in [2.05, 4.69) is 115 Å². The molecular formula is C46H59N3. The number of nitrogens with zero attached hydrogens (tertiary/aromatic N) is 2. The highest BCUT2D eigenvalue weighted by Crippen LogP contribution is 2.45. The van der Waals surface area contributed by atoms with Gasteiger partial charge in [0.05, 0.1) is 0 Å². The second kappa shape index (κ2) is 15.1. The van der Waals surface area contributed by atoms with Crippen LogP contribution in [0, 0.1) is 41.4 Å². The smallest absolute Gasteiger partial charge is 0.0309 e. The first-order valence-corrected chi connectivity index (χ1v) is 20.0. The first-order valence-electron chi connectivity index (χ1n) is 20.0. The Kier molecular flexibility index (Phi) is 10.2. The summed E-state index contributed by atoms with van der Waals surface area (Å²) in [6, 6.07) is 0.969. The first-order chi connectivity index (χ1) is 24.1. The highest BCUT2D eigenvalue weighted by molar-refractivity contribution is 5.68. The molecule has 1 saturated heterocycles. The molecule has 1 fully saturated rings.